The van der Waals surface area contributed by atoms with E-state index in [9.17, 15) is 4.79 Å². The lowest BCUT2D eigenvalue weighted by Crippen LogP contribution is -2.44. The lowest BCUT2D eigenvalue weighted by Gasteiger charge is -2.34. The molecule has 1 saturated heterocycles. The first-order chi connectivity index (χ1) is 8.76. The summed E-state index contributed by atoms with van der Waals surface area (Å²) in [6, 6.07) is 0.0325. The van der Waals surface area contributed by atoms with Crippen LogP contribution in [0.15, 0.2) is 0 Å². The molecule has 0 radical (unpaired) electrons. The Balaban J connectivity index is 2.60. The summed E-state index contributed by atoms with van der Waals surface area (Å²) in [5.74, 6) is 0.285. The number of nitrogens with zero attached hydrogens (tertiary/aromatic N) is 2. The van der Waals surface area contributed by atoms with Gasteiger partial charge in [0.25, 0.3) is 0 Å². The number of amides is 1. The molecule has 0 aromatic rings. The Labute approximate surface area is 118 Å². The summed E-state index contributed by atoms with van der Waals surface area (Å²) in [7, 11) is 4.17. The second kappa shape index (κ2) is 6.71. The monoisotopic (exact) mass is 269 g/mol. The van der Waals surface area contributed by atoms with Gasteiger partial charge < -0.3 is 9.80 Å². The maximum atomic E-state index is 12.4. The number of rotatable bonds is 7. The summed E-state index contributed by atoms with van der Waals surface area (Å²) >= 11 is 0. The van der Waals surface area contributed by atoms with Crippen LogP contribution in [-0.4, -0.2) is 55.1 Å². The number of nitrogens with one attached hydrogen (secondary N) is 1. The van der Waals surface area contributed by atoms with Crippen LogP contribution in [-0.2, 0) is 4.79 Å². The van der Waals surface area contributed by atoms with Gasteiger partial charge in [0.2, 0.25) is 5.91 Å². The van der Waals surface area contributed by atoms with E-state index in [-0.39, 0.29) is 23.5 Å². The van der Waals surface area contributed by atoms with Crippen molar-refractivity contribution in [2.45, 2.75) is 59.2 Å². The lowest BCUT2D eigenvalue weighted by molar-refractivity contribution is -0.131. The maximum absolute atomic E-state index is 12.4. The molecule has 1 rings (SSSR count). The van der Waals surface area contributed by atoms with Gasteiger partial charge in [-0.3, -0.25) is 10.1 Å². The molecule has 1 fully saturated rings. The Morgan fingerprint density at radius 3 is 2.53 bits per heavy atom. The first kappa shape index (κ1) is 16.4. The zero-order valence-electron chi connectivity index (χ0n) is 13.5. The molecule has 1 amide bonds. The van der Waals surface area contributed by atoms with Crippen molar-refractivity contribution >= 4 is 5.91 Å². The summed E-state index contributed by atoms with van der Waals surface area (Å²) in [5, 5.41) is 3.43. The molecule has 19 heavy (non-hydrogen) atoms. The van der Waals surface area contributed by atoms with Crippen molar-refractivity contribution in [3.63, 3.8) is 0 Å². The third-order valence-electron chi connectivity index (χ3n) is 3.68. The van der Waals surface area contributed by atoms with Gasteiger partial charge in [-0.25, -0.2) is 0 Å². The molecule has 4 nitrogen and oxygen atoms in total. The SMILES string of the molecule is CCCCC1NC(C)N(CC(C)(C)CN(C)C)C1=O. The molecule has 1 aliphatic rings. The number of unbranched alkanes of at least 4 members (excludes halogenated alkanes) is 1. The highest BCUT2D eigenvalue weighted by molar-refractivity contribution is 5.84. The molecule has 0 saturated carbocycles. The fourth-order valence-corrected chi connectivity index (χ4v) is 3.04. The average Bonchev–Trinajstić information content (AvgIpc) is 2.52. The molecule has 4 heteroatoms. The molecule has 0 aliphatic carbocycles. The fourth-order valence-electron chi connectivity index (χ4n) is 3.04. The molecular weight excluding hydrogens is 238 g/mol. The number of carbonyl (C=O) groups excluding carboxylic acids is 1. The van der Waals surface area contributed by atoms with E-state index < -0.39 is 0 Å². The molecule has 112 valence electrons. The molecule has 1 N–H and O–H groups in total. The Kier molecular flexibility index (Phi) is 5.81. The van der Waals surface area contributed by atoms with E-state index in [4.69, 9.17) is 0 Å². The lowest BCUT2D eigenvalue weighted by atomic mass is 9.92. The molecule has 0 bridgehead atoms. The molecule has 2 unspecified atom stereocenters. The summed E-state index contributed by atoms with van der Waals surface area (Å²) in [4.78, 5) is 16.6. The molecule has 0 aromatic heterocycles. The van der Waals surface area contributed by atoms with Crippen LogP contribution in [0.5, 0.6) is 0 Å². The zero-order chi connectivity index (χ0) is 14.6. The second-order valence-corrected chi connectivity index (χ2v) is 6.91. The van der Waals surface area contributed by atoms with Crippen molar-refractivity contribution in [3.05, 3.63) is 0 Å². The standard InChI is InChI=1S/C15H31N3O/c1-7-8-9-13-14(19)18(12(2)16-13)11-15(3,4)10-17(5)6/h12-13,16H,7-11H2,1-6H3. The van der Waals surface area contributed by atoms with Gasteiger partial charge in [0.1, 0.15) is 0 Å². The van der Waals surface area contributed by atoms with Gasteiger partial charge in [-0.2, -0.15) is 0 Å². The molecule has 2 atom stereocenters. The smallest absolute Gasteiger partial charge is 0.241 e. The largest absolute Gasteiger partial charge is 0.325 e. The van der Waals surface area contributed by atoms with Crippen molar-refractivity contribution in [2.75, 3.05) is 27.2 Å². The highest BCUT2D eigenvalue weighted by Crippen LogP contribution is 2.23. The summed E-state index contributed by atoms with van der Waals surface area (Å²) in [6.45, 7) is 10.5. The molecule has 0 aromatic carbocycles. The minimum absolute atomic E-state index is 0.0325. The summed E-state index contributed by atoms with van der Waals surface area (Å²) in [5.41, 5.74) is 0.120. The van der Waals surface area contributed by atoms with Gasteiger partial charge >= 0.3 is 0 Å². The van der Waals surface area contributed by atoms with E-state index in [0.717, 1.165) is 32.4 Å². The minimum Gasteiger partial charge on any atom is -0.325 e. The van der Waals surface area contributed by atoms with Gasteiger partial charge in [0.15, 0.2) is 0 Å². The normalized spacial score (nSPS) is 24.6. The van der Waals surface area contributed by atoms with E-state index in [2.05, 4.69) is 52.0 Å². The van der Waals surface area contributed by atoms with Crippen LogP contribution >= 0.6 is 0 Å². The second-order valence-electron chi connectivity index (χ2n) is 6.91. The summed E-state index contributed by atoms with van der Waals surface area (Å²) < 4.78 is 0. The molecule has 1 heterocycles. The Hall–Kier alpha value is -0.610. The average molecular weight is 269 g/mol. The molecule has 1 aliphatic heterocycles. The van der Waals surface area contributed by atoms with Crippen molar-refractivity contribution in [1.29, 1.82) is 0 Å². The van der Waals surface area contributed by atoms with E-state index in [1.165, 1.54) is 0 Å². The fraction of sp³-hybridized carbons (Fsp3) is 0.933. The highest BCUT2D eigenvalue weighted by Gasteiger charge is 2.38. The van der Waals surface area contributed by atoms with Crippen LogP contribution in [0.2, 0.25) is 0 Å². The van der Waals surface area contributed by atoms with Crippen molar-refractivity contribution in [2.24, 2.45) is 5.41 Å². The highest BCUT2D eigenvalue weighted by atomic mass is 16.2. The van der Waals surface area contributed by atoms with Gasteiger partial charge in [-0.15, -0.1) is 0 Å². The van der Waals surface area contributed by atoms with E-state index >= 15 is 0 Å². The van der Waals surface area contributed by atoms with Crippen molar-refractivity contribution < 1.29 is 4.79 Å². The van der Waals surface area contributed by atoms with E-state index in [1.54, 1.807) is 0 Å². The topological polar surface area (TPSA) is 35.6 Å². The number of hydrogen-bond acceptors (Lipinski definition) is 3. The van der Waals surface area contributed by atoms with Gasteiger partial charge in [0, 0.05) is 13.1 Å². The van der Waals surface area contributed by atoms with E-state index in [1.807, 2.05) is 4.90 Å². The van der Waals surface area contributed by atoms with Crippen LogP contribution < -0.4 is 5.32 Å². The van der Waals surface area contributed by atoms with E-state index in [0.29, 0.717) is 0 Å². The third-order valence-corrected chi connectivity index (χ3v) is 3.68. The van der Waals surface area contributed by atoms with Crippen molar-refractivity contribution in [1.82, 2.24) is 15.1 Å². The maximum Gasteiger partial charge on any atom is 0.241 e. The quantitative estimate of drug-likeness (QED) is 0.767. The van der Waals surface area contributed by atoms with Crippen LogP contribution in [0.4, 0.5) is 0 Å². The number of hydrogen-bond donors (Lipinski definition) is 1. The Bertz CT molecular complexity index is 302. The zero-order valence-corrected chi connectivity index (χ0v) is 13.5. The predicted octanol–water partition coefficient (Wildman–Crippen LogP) is 1.91. The first-order valence-electron chi connectivity index (χ1n) is 7.48. The van der Waals surface area contributed by atoms with Crippen LogP contribution in [0.3, 0.4) is 0 Å². The third kappa shape index (κ3) is 4.77. The predicted molar refractivity (Wildman–Crippen MR) is 80.0 cm³/mol. The van der Waals surface area contributed by atoms with Gasteiger partial charge in [-0.05, 0) is 32.9 Å². The Morgan fingerprint density at radius 2 is 2.00 bits per heavy atom. The Morgan fingerprint density at radius 1 is 1.37 bits per heavy atom. The van der Waals surface area contributed by atoms with Crippen LogP contribution in [0.1, 0.15) is 47.0 Å². The van der Waals surface area contributed by atoms with Gasteiger partial charge in [-0.1, -0.05) is 33.6 Å². The van der Waals surface area contributed by atoms with Gasteiger partial charge in [0.05, 0.1) is 12.2 Å². The van der Waals surface area contributed by atoms with Crippen LogP contribution in [0, 0.1) is 5.41 Å². The summed E-state index contributed by atoms with van der Waals surface area (Å²) in [6.07, 6.45) is 3.39. The number of carbonyl (C=O) groups is 1. The first-order valence-corrected chi connectivity index (χ1v) is 7.48. The molecular formula is C15H31N3O. The van der Waals surface area contributed by atoms with Crippen molar-refractivity contribution in [3.8, 4) is 0 Å². The van der Waals surface area contributed by atoms with Crippen LogP contribution in [0.25, 0.3) is 0 Å². The molecule has 0 spiro atoms. The minimum atomic E-state index is 0.0325.